The number of benzene rings is 1. The summed E-state index contributed by atoms with van der Waals surface area (Å²) >= 11 is 0. The normalized spacial score (nSPS) is 10.7. The van der Waals surface area contributed by atoms with Gasteiger partial charge in [0.25, 0.3) is 0 Å². The highest BCUT2D eigenvalue weighted by Gasteiger charge is 2.06. The Hall–Kier alpha value is -1.31. The lowest BCUT2D eigenvalue weighted by atomic mass is 10.3. The fourth-order valence-corrected chi connectivity index (χ4v) is 2.42. The van der Waals surface area contributed by atoms with Crippen LogP contribution in [0.1, 0.15) is 19.3 Å². The SMILES string of the molecule is CNCCCNC(=O)CCCOc1ccc(S(C)(=O)=O)cc1.Cl. The van der Waals surface area contributed by atoms with Gasteiger partial charge in [0.15, 0.2) is 9.84 Å². The Labute approximate surface area is 144 Å². The molecule has 0 spiro atoms. The van der Waals surface area contributed by atoms with Crippen LogP contribution in [0.2, 0.25) is 0 Å². The third kappa shape index (κ3) is 9.43. The van der Waals surface area contributed by atoms with E-state index in [4.69, 9.17) is 4.74 Å². The van der Waals surface area contributed by atoms with E-state index in [1.807, 2.05) is 7.05 Å². The molecule has 23 heavy (non-hydrogen) atoms. The van der Waals surface area contributed by atoms with E-state index in [0.29, 0.717) is 31.7 Å². The smallest absolute Gasteiger partial charge is 0.220 e. The molecule has 1 aromatic carbocycles. The summed E-state index contributed by atoms with van der Waals surface area (Å²) in [6, 6.07) is 6.26. The van der Waals surface area contributed by atoms with Crippen molar-refractivity contribution in [2.24, 2.45) is 0 Å². The molecule has 1 rings (SSSR count). The van der Waals surface area contributed by atoms with E-state index in [1.54, 1.807) is 12.1 Å². The van der Waals surface area contributed by atoms with E-state index in [2.05, 4.69) is 10.6 Å². The average molecular weight is 365 g/mol. The summed E-state index contributed by atoms with van der Waals surface area (Å²) in [5, 5.41) is 5.86. The van der Waals surface area contributed by atoms with Gasteiger partial charge in [-0.25, -0.2) is 8.42 Å². The molecule has 0 saturated heterocycles. The molecular formula is C15H25ClN2O4S. The van der Waals surface area contributed by atoms with Gasteiger partial charge < -0.3 is 15.4 Å². The zero-order valence-electron chi connectivity index (χ0n) is 13.5. The van der Waals surface area contributed by atoms with Crippen molar-refractivity contribution in [3.8, 4) is 5.75 Å². The molecule has 1 amide bonds. The number of hydrogen-bond acceptors (Lipinski definition) is 5. The van der Waals surface area contributed by atoms with E-state index < -0.39 is 9.84 Å². The first-order valence-corrected chi connectivity index (χ1v) is 9.17. The van der Waals surface area contributed by atoms with E-state index in [9.17, 15) is 13.2 Å². The van der Waals surface area contributed by atoms with Crippen LogP contribution >= 0.6 is 12.4 Å². The molecule has 0 bridgehead atoms. The zero-order valence-corrected chi connectivity index (χ0v) is 15.1. The molecule has 0 aliphatic carbocycles. The van der Waals surface area contributed by atoms with Crippen LogP contribution in [0.5, 0.6) is 5.75 Å². The summed E-state index contributed by atoms with van der Waals surface area (Å²) in [6.07, 6.45) is 3.11. The summed E-state index contributed by atoms with van der Waals surface area (Å²) in [7, 11) is -1.31. The molecule has 0 atom stereocenters. The molecule has 0 aromatic heterocycles. The quantitative estimate of drug-likeness (QED) is 0.613. The second-order valence-corrected chi connectivity index (χ2v) is 7.02. The number of sulfone groups is 1. The fourth-order valence-electron chi connectivity index (χ4n) is 1.79. The van der Waals surface area contributed by atoms with E-state index in [-0.39, 0.29) is 23.2 Å². The van der Waals surface area contributed by atoms with Gasteiger partial charge in [-0.3, -0.25) is 4.79 Å². The first-order valence-electron chi connectivity index (χ1n) is 7.27. The van der Waals surface area contributed by atoms with Crippen LogP contribution in [-0.2, 0) is 14.6 Å². The van der Waals surface area contributed by atoms with Crippen molar-refractivity contribution in [3.63, 3.8) is 0 Å². The second-order valence-electron chi connectivity index (χ2n) is 5.00. The molecule has 8 heteroatoms. The lowest BCUT2D eigenvalue weighted by Crippen LogP contribution is -2.26. The number of amides is 1. The minimum absolute atomic E-state index is 0. The molecule has 132 valence electrons. The minimum Gasteiger partial charge on any atom is -0.494 e. The highest BCUT2D eigenvalue weighted by molar-refractivity contribution is 7.90. The lowest BCUT2D eigenvalue weighted by Gasteiger charge is -2.07. The highest BCUT2D eigenvalue weighted by Crippen LogP contribution is 2.16. The van der Waals surface area contributed by atoms with Crippen LogP contribution in [0.15, 0.2) is 29.2 Å². The van der Waals surface area contributed by atoms with Crippen LogP contribution in [0.4, 0.5) is 0 Å². The molecular weight excluding hydrogens is 340 g/mol. The number of carbonyl (C=O) groups is 1. The average Bonchev–Trinajstić information content (AvgIpc) is 2.48. The first-order chi connectivity index (χ1) is 10.4. The summed E-state index contributed by atoms with van der Waals surface area (Å²) in [5.41, 5.74) is 0. The predicted molar refractivity (Wildman–Crippen MR) is 93.1 cm³/mol. The van der Waals surface area contributed by atoms with Gasteiger partial charge in [0.1, 0.15) is 5.75 Å². The third-order valence-electron chi connectivity index (χ3n) is 2.99. The highest BCUT2D eigenvalue weighted by atomic mass is 35.5. The van der Waals surface area contributed by atoms with Crippen molar-refractivity contribution in [2.75, 3.05) is 33.0 Å². The predicted octanol–water partition coefficient (Wildman–Crippen LogP) is 1.40. The number of nitrogens with one attached hydrogen (secondary N) is 2. The van der Waals surface area contributed by atoms with Crippen LogP contribution in [0.25, 0.3) is 0 Å². The van der Waals surface area contributed by atoms with E-state index in [0.717, 1.165) is 19.2 Å². The fraction of sp³-hybridized carbons (Fsp3) is 0.533. The van der Waals surface area contributed by atoms with Crippen molar-refractivity contribution in [3.05, 3.63) is 24.3 Å². The molecule has 0 aliphatic rings. The van der Waals surface area contributed by atoms with Crippen molar-refractivity contribution < 1.29 is 17.9 Å². The standard InChI is InChI=1S/C15H24N2O4S.ClH/c1-16-10-4-11-17-15(18)5-3-12-21-13-6-8-14(9-7-13)22(2,19)20;/h6-9,16H,3-5,10-12H2,1-2H3,(H,17,18);1H. The molecule has 0 aliphatic heterocycles. The lowest BCUT2D eigenvalue weighted by molar-refractivity contribution is -0.121. The van der Waals surface area contributed by atoms with Gasteiger partial charge >= 0.3 is 0 Å². The molecule has 0 heterocycles. The Balaban J connectivity index is 0.00000484. The molecule has 0 saturated carbocycles. The number of ether oxygens (including phenoxy) is 1. The minimum atomic E-state index is -3.18. The number of rotatable bonds is 10. The van der Waals surface area contributed by atoms with Gasteiger partial charge in [0.2, 0.25) is 5.91 Å². The maximum absolute atomic E-state index is 11.5. The van der Waals surface area contributed by atoms with Gasteiger partial charge in [-0.2, -0.15) is 0 Å². The van der Waals surface area contributed by atoms with E-state index in [1.165, 1.54) is 12.1 Å². The Morgan fingerprint density at radius 1 is 1.13 bits per heavy atom. The van der Waals surface area contributed by atoms with Crippen molar-refractivity contribution in [1.29, 1.82) is 0 Å². The second kappa shape index (κ2) is 11.3. The molecule has 0 radical (unpaired) electrons. The number of hydrogen-bond donors (Lipinski definition) is 2. The molecule has 0 unspecified atom stereocenters. The summed E-state index contributed by atoms with van der Waals surface area (Å²) in [5.74, 6) is 0.619. The Morgan fingerprint density at radius 2 is 1.78 bits per heavy atom. The van der Waals surface area contributed by atoms with Gasteiger partial charge in [-0.15, -0.1) is 12.4 Å². The largest absolute Gasteiger partial charge is 0.494 e. The van der Waals surface area contributed by atoms with Crippen LogP contribution in [0.3, 0.4) is 0 Å². The van der Waals surface area contributed by atoms with Crippen molar-refractivity contribution in [1.82, 2.24) is 10.6 Å². The van der Waals surface area contributed by atoms with Crippen LogP contribution in [0, 0.1) is 0 Å². The summed E-state index contributed by atoms with van der Waals surface area (Å²) in [6.45, 7) is 1.97. The third-order valence-corrected chi connectivity index (χ3v) is 4.12. The first kappa shape index (κ1) is 21.7. The molecule has 6 nitrogen and oxygen atoms in total. The topological polar surface area (TPSA) is 84.5 Å². The zero-order chi connectivity index (χ0) is 16.4. The van der Waals surface area contributed by atoms with E-state index >= 15 is 0 Å². The summed E-state index contributed by atoms with van der Waals surface area (Å²) in [4.78, 5) is 11.8. The Morgan fingerprint density at radius 3 is 2.35 bits per heavy atom. The van der Waals surface area contributed by atoms with Crippen molar-refractivity contribution in [2.45, 2.75) is 24.2 Å². The maximum Gasteiger partial charge on any atom is 0.220 e. The number of carbonyl (C=O) groups excluding carboxylic acids is 1. The van der Waals surface area contributed by atoms with Crippen molar-refractivity contribution >= 4 is 28.2 Å². The van der Waals surface area contributed by atoms with Gasteiger partial charge in [-0.05, 0) is 50.7 Å². The van der Waals surface area contributed by atoms with Gasteiger partial charge in [0, 0.05) is 19.2 Å². The molecule has 2 N–H and O–H groups in total. The monoisotopic (exact) mass is 364 g/mol. The van der Waals surface area contributed by atoms with Gasteiger partial charge in [-0.1, -0.05) is 0 Å². The molecule has 1 aromatic rings. The maximum atomic E-state index is 11.5. The molecule has 0 fully saturated rings. The van der Waals surface area contributed by atoms with Crippen LogP contribution < -0.4 is 15.4 Å². The Bertz CT molecular complexity index is 561. The summed E-state index contributed by atoms with van der Waals surface area (Å²) < 4.78 is 28.1. The number of halogens is 1. The van der Waals surface area contributed by atoms with Crippen LogP contribution in [-0.4, -0.2) is 47.3 Å². The Kier molecular flexibility index (Phi) is 10.6. The van der Waals surface area contributed by atoms with Gasteiger partial charge in [0.05, 0.1) is 11.5 Å².